The predicted molar refractivity (Wildman–Crippen MR) is 70.8 cm³/mol. The SMILES string of the molecule is COc1ccc(Cl)cc1-c1cc[c]cc1C(N)=O. The molecule has 0 aliphatic rings. The maximum Gasteiger partial charge on any atom is 0.249 e. The lowest BCUT2D eigenvalue weighted by molar-refractivity contribution is 0.100. The molecule has 1 radical (unpaired) electrons. The Kier molecular flexibility index (Phi) is 3.53. The van der Waals surface area contributed by atoms with E-state index in [0.29, 0.717) is 21.9 Å². The largest absolute Gasteiger partial charge is 0.496 e. The molecule has 0 unspecified atom stereocenters. The molecule has 0 heterocycles. The maximum atomic E-state index is 11.4. The van der Waals surface area contributed by atoms with E-state index in [1.54, 1.807) is 43.5 Å². The zero-order valence-electron chi connectivity index (χ0n) is 9.74. The lowest BCUT2D eigenvalue weighted by Crippen LogP contribution is -2.12. The summed E-state index contributed by atoms with van der Waals surface area (Å²) in [5, 5.41) is 0.564. The van der Waals surface area contributed by atoms with E-state index in [0.717, 1.165) is 5.56 Å². The van der Waals surface area contributed by atoms with Crippen LogP contribution in [0.25, 0.3) is 11.1 Å². The number of ether oxygens (including phenoxy) is 1. The van der Waals surface area contributed by atoms with Gasteiger partial charge in [-0.15, -0.1) is 0 Å². The molecule has 0 aliphatic carbocycles. The van der Waals surface area contributed by atoms with E-state index in [9.17, 15) is 4.79 Å². The molecule has 3 nitrogen and oxygen atoms in total. The Bertz CT molecular complexity index is 596. The van der Waals surface area contributed by atoms with Crippen molar-refractivity contribution in [1.82, 2.24) is 0 Å². The van der Waals surface area contributed by atoms with Crippen molar-refractivity contribution in [3.8, 4) is 16.9 Å². The van der Waals surface area contributed by atoms with E-state index >= 15 is 0 Å². The fourth-order valence-corrected chi connectivity index (χ4v) is 1.93. The third-order valence-corrected chi connectivity index (χ3v) is 2.82. The average Bonchev–Trinajstić information content (AvgIpc) is 2.38. The van der Waals surface area contributed by atoms with Gasteiger partial charge in [0.05, 0.1) is 7.11 Å². The van der Waals surface area contributed by atoms with Crippen LogP contribution in [0, 0.1) is 6.07 Å². The van der Waals surface area contributed by atoms with Gasteiger partial charge in [-0.2, -0.15) is 0 Å². The molecule has 0 saturated heterocycles. The van der Waals surface area contributed by atoms with Crippen LogP contribution < -0.4 is 10.5 Å². The third kappa shape index (κ3) is 2.31. The summed E-state index contributed by atoms with van der Waals surface area (Å²) in [4.78, 5) is 11.4. The first-order chi connectivity index (χ1) is 8.63. The van der Waals surface area contributed by atoms with Gasteiger partial charge in [0.25, 0.3) is 0 Å². The van der Waals surface area contributed by atoms with Gasteiger partial charge in [-0.05, 0) is 35.9 Å². The minimum absolute atomic E-state index is 0.387. The molecule has 4 heteroatoms. The van der Waals surface area contributed by atoms with Crippen molar-refractivity contribution in [1.29, 1.82) is 0 Å². The number of hydrogen-bond acceptors (Lipinski definition) is 2. The zero-order valence-corrected chi connectivity index (χ0v) is 10.5. The fraction of sp³-hybridized carbons (Fsp3) is 0.0714. The summed E-state index contributed by atoms with van der Waals surface area (Å²) in [5.74, 6) is 0.122. The molecule has 2 aromatic carbocycles. The van der Waals surface area contributed by atoms with E-state index in [1.165, 1.54) is 0 Å². The Balaban J connectivity index is 2.68. The van der Waals surface area contributed by atoms with Crippen LogP contribution in [-0.2, 0) is 0 Å². The first-order valence-electron chi connectivity index (χ1n) is 5.27. The van der Waals surface area contributed by atoms with Gasteiger partial charge in [-0.3, -0.25) is 4.79 Å². The van der Waals surface area contributed by atoms with Crippen molar-refractivity contribution >= 4 is 17.5 Å². The van der Waals surface area contributed by atoms with E-state index in [1.807, 2.05) is 0 Å². The van der Waals surface area contributed by atoms with Gasteiger partial charge in [0.15, 0.2) is 0 Å². The molecule has 0 fully saturated rings. The smallest absolute Gasteiger partial charge is 0.249 e. The summed E-state index contributed by atoms with van der Waals surface area (Å²) in [5.41, 5.74) is 7.15. The highest BCUT2D eigenvalue weighted by Gasteiger charge is 2.13. The van der Waals surface area contributed by atoms with Crippen LogP contribution >= 0.6 is 11.6 Å². The van der Waals surface area contributed by atoms with Crippen LogP contribution in [-0.4, -0.2) is 13.0 Å². The summed E-state index contributed by atoms with van der Waals surface area (Å²) >= 11 is 5.98. The van der Waals surface area contributed by atoms with Crippen molar-refractivity contribution in [2.75, 3.05) is 7.11 Å². The normalized spacial score (nSPS) is 10.1. The number of amides is 1. The average molecular weight is 261 g/mol. The standard InChI is InChI=1S/C14H11ClNO2/c1-18-13-7-6-9(15)8-12(13)10-4-2-3-5-11(10)14(16)17/h2,4-8H,1H3,(H2,16,17). The van der Waals surface area contributed by atoms with E-state index in [-0.39, 0.29) is 0 Å². The molecule has 2 aromatic rings. The summed E-state index contributed by atoms with van der Waals surface area (Å²) in [6.07, 6.45) is 0. The van der Waals surface area contributed by atoms with Crippen molar-refractivity contribution in [3.63, 3.8) is 0 Å². The molecule has 0 spiro atoms. The number of primary amides is 1. The molecule has 2 N–H and O–H groups in total. The number of nitrogens with two attached hydrogens (primary N) is 1. The minimum atomic E-state index is -0.510. The molecule has 91 valence electrons. The number of benzene rings is 2. The Morgan fingerprint density at radius 1 is 1.33 bits per heavy atom. The van der Waals surface area contributed by atoms with Crippen molar-refractivity contribution in [2.24, 2.45) is 5.73 Å². The zero-order chi connectivity index (χ0) is 13.1. The number of carbonyl (C=O) groups excluding carboxylic acids is 1. The molecule has 0 saturated carbocycles. The van der Waals surface area contributed by atoms with Gasteiger partial charge in [0.2, 0.25) is 5.91 Å². The van der Waals surface area contributed by atoms with Crippen LogP contribution in [0.15, 0.2) is 36.4 Å². The Hall–Kier alpha value is -2.00. The van der Waals surface area contributed by atoms with Gasteiger partial charge < -0.3 is 10.5 Å². The van der Waals surface area contributed by atoms with Crippen LogP contribution in [0.5, 0.6) is 5.75 Å². The van der Waals surface area contributed by atoms with Crippen molar-refractivity contribution < 1.29 is 9.53 Å². The van der Waals surface area contributed by atoms with Crippen molar-refractivity contribution in [2.45, 2.75) is 0 Å². The molecule has 0 aliphatic heterocycles. The predicted octanol–water partition coefficient (Wildman–Crippen LogP) is 2.91. The maximum absolute atomic E-state index is 11.4. The van der Waals surface area contributed by atoms with Crippen LogP contribution in [0.4, 0.5) is 0 Å². The first-order valence-corrected chi connectivity index (χ1v) is 5.65. The number of halogens is 1. The quantitative estimate of drug-likeness (QED) is 0.923. The molecular weight excluding hydrogens is 250 g/mol. The van der Waals surface area contributed by atoms with Gasteiger partial charge in [0, 0.05) is 16.1 Å². The van der Waals surface area contributed by atoms with Gasteiger partial charge in [-0.25, -0.2) is 0 Å². The fourth-order valence-electron chi connectivity index (χ4n) is 1.76. The van der Waals surface area contributed by atoms with E-state index < -0.39 is 5.91 Å². The molecule has 2 rings (SSSR count). The van der Waals surface area contributed by atoms with Crippen LogP contribution in [0.1, 0.15) is 10.4 Å². The summed E-state index contributed by atoms with van der Waals surface area (Å²) in [7, 11) is 1.56. The summed E-state index contributed by atoms with van der Waals surface area (Å²) in [6, 6.07) is 13.1. The highest BCUT2D eigenvalue weighted by Crippen LogP contribution is 2.34. The number of hydrogen-bond donors (Lipinski definition) is 1. The topological polar surface area (TPSA) is 52.3 Å². The monoisotopic (exact) mass is 260 g/mol. The Morgan fingerprint density at radius 3 is 2.78 bits per heavy atom. The molecule has 1 amide bonds. The number of rotatable bonds is 3. The second-order valence-corrected chi connectivity index (χ2v) is 4.12. The van der Waals surface area contributed by atoms with Crippen LogP contribution in [0.3, 0.4) is 0 Å². The molecule has 18 heavy (non-hydrogen) atoms. The molecule has 0 aromatic heterocycles. The third-order valence-electron chi connectivity index (χ3n) is 2.58. The lowest BCUT2D eigenvalue weighted by Gasteiger charge is -2.11. The molecule has 0 bridgehead atoms. The van der Waals surface area contributed by atoms with E-state index in [2.05, 4.69) is 6.07 Å². The van der Waals surface area contributed by atoms with Gasteiger partial charge >= 0.3 is 0 Å². The minimum Gasteiger partial charge on any atom is -0.496 e. The van der Waals surface area contributed by atoms with Gasteiger partial charge in [-0.1, -0.05) is 23.7 Å². The molecular formula is C14H11ClNO2. The van der Waals surface area contributed by atoms with Crippen LogP contribution in [0.2, 0.25) is 5.02 Å². The second-order valence-electron chi connectivity index (χ2n) is 3.68. The Morgan fingerprint density at radius 2 is 2.11 bits per heavy atom. The van der Waals surface area contributed by atoms with Crippen molar-refractivity contribution in [3.05, 3.63) is 53.1 Å². The number of methoxy groups -OCH3 is 1. The van der Waals surface area contributed by atoms with E-state index in [4.69, 9.17) is 22.1 Å². The Labute approximate surface area is 110 Å². The highest BCUT2D eigenvalue weighted by molar-refractivity contribution is 6.31. The van der Waals surface area contributed by atoms with Gasteiger partial charge in [0.1, 0.15) is 5.75 Å². The molecule has 0 atom stereocenters. The second kappa shape index (κ2) is 5.10. The first kappa shape index (κ1) is 12.5. The summed E-state index contributed by atoms with van der Waals surface area (Å²) in [6.45, 7) is 0. The highest BCUT2D eigenvalue weighted by atomic mass is 35.5. The lowest BCUT2D eigenvalue weighted by atomic mass is 9.98. The number of carbonyl (C=O) groups is 1. The summed E-state index contributed by atoms with van der Waals surface area (Å²) < 4.78 is 5.27.